The van der Waals surface area contributed by atoms with Crippen LogP contribution in [0.3, 0.4) is 0 Å². The number of hydrogen-bond acceptors (Lipinski definition) is 2. The first-order chi connectivity index (χ1) is 14.0. The van der Waals surface area contributed by atoms with Crippen LogP contribution in [0, 0.1) is 5.41 Å². The third-order valence-corrected chi connectivity index (χ3v) is 4.97. The number of benzene rings is 3. The molecule has 0 unspecified atom stereocenters. The zero-order valence-corrected chi connectivity index (χ0v) is 17.6. The van der Waals surface area contributed by atoms with Gasteiger partial charge in [-0.2, -0.15) is 0 Å². The van der Waals surface area contributed by atoms with Gasteiger partial charge in [0, 0.05) is 11.3 Å². The molecule has 0 fully saturated rings. The molecule has 0 heterocycles. The monoisotopic (exact) mass is 383 g/mol. The lowest BCUT2D eigenvalue weighted by atomic mass is 9.93. The molecule has 0 spiro atoms. The maximum Gasteiger partial charge on any atom is 0.137 e. The molecule has 148 valence electrons. The van der Waals surface area contributed by atoms with Crippen LogP contribution in [0.15, 0.2) is 83.9 Å². The molecule has 0 aliphatic rings. The van der Waals surface area contributed by atoms with Crippen molar-refractivity contribution in [2.24, 2.45) is 4.99 Å². The summed E-state index contributed by atoms with van der Waals surface area (Å²) in [4.78, 5) is 6.78. The molecule has 3 aromatic carbocycles. The van der Waals surface area contributed by atoms with E-state index in [-0.39, 0.29) is 0 Å². The number of anilines is 1. The molecule has 0 aromatic heterocycles. The molecule has 0 aliphatic heterocycles. The number of amidine groups is 1. The number of para-hydroxylation sites is 2. The van der Waals surface area contributed by atoms with E-state index in [9.17, 15) is 0 Å². The Labute approximate surface area is 174 Å². The summed E-state index contributed by atoms with van der Waals surface area (Å²) < 4.78 is 0. The molecular weight excluding hydrogens is 354 g/mol. The predicted molar refractivity (Wildman–Crippen MR) is 125 cm³/mol. The SMILES string of the molecule is CC(C)c1cccc(C(C)C)c1N=CN(C(=N)c1ccccc1)c1ccccc1. The van der Waals surface area contributed by atoms with Crippen molar-refractivity contribution in [2.45, 2.75) is 39.5 Å². The summed E-state index contributed by atoms with van der Waals surface area (Å²) in [6, 6.07) is 26.1. The lowest BCUT2D eigenvalue weighted by molar-refractivity contribution is 0.835. The van der Waals surface area contributed by atoms with Crippen molar-refractivity contribution < 1.29 is 0 Å². The van der Waals surface area contributed by atoms with Crippen LogP contribution in [0.4, 0.5) is 11.4 Å². The van der Waals surface area contributed by atoms with E-state index in [1.54, 1.807) is 6.34 Å². The average molecular weight is 384 g/mol. The molecular formula is C26H29N3. The van der Waals surface area contributed by atoms with Crippen LogP contribution < -0.4 is 4.90 Å². The van der Waals surface area contributed by atoms with Crippen molar-refractivity contribution in [1.82, 2.24) is 0 Å². The predicted octanol–water partition coefficient (Wildman–Crippen LogP) is 7.13. The maximum absolute atomic E-state index is 8.80. The van der Waals surface area contributed by atoms with Gasteiger partial charge in [0.1, 0.15) is 12.2 Å². The van der Waals surface area contributed by atoms with Crippen molar-refractivity contribution in [2.75, 3.05) is 4.90 Å². The normalized spacial score (nSPS) is 11.4. The van der Waals surface area contributed by atoms with Crippen LogP contribution in [0.1, 0.15) is 56.2 Å². The topological polar surface area (TPSA) is 39.5 Å². The molecule has 0 saturated carbocycles. The second-order valence-electron chi connectivity index (χ2n) is 7.76. The Bertz CT molecular complexity index is 947. The second-order valence-corrected chi connectivity index (χ2v) is 7.76. The first-order valence-electron chi connectivity index (χ1n) is 10.1. The van der Waals surface area contributed by atoms with Crippen LogP contribution in [-0.2, 0) is 0 Å². The lowest BCUT2D eigenvalue weighted by Gasteiger charge is -2.22. The fraction of sp³-hybridized carbons (Fsp3) is 0.231. The highest BCUT2D eigenvalue weighted by Gasteiger charge is 2.15. The number of rotatable bonds is 6. The molecule has 0 aliphatic carbocycles. The van der Waals surface area contributed by atoms with E-state index < -0.39 is 0 Å². The van der Waals surface area contributed by atoms with Crippen molar-refractivity contribution in [3.05, 3.63) is 95.6 Å². The van der Waals surface area contributed by atoms with Crippen LogP contribution in [0.2, 0.25) is 0 Å². The second kappa shape index (κ2) is 9.33. The summed E-state index contributed by atoms with van der Waals surface area (Å²) in [6.45, 7) is 8.78. The molecule has 3 nitrogen and oxygen atoms in total. The summed E-state index contributed by atoms with van der Waals surface area (Å²) in [5.41, 5.74) is 5.24. The Kier molecular flexibility index (Phi) is 6.61. The van der Waals surface area contributed by atoms with Gasteiger partial charge in [-0.05, 0) is 35.1 Å². The zero-order valence-electron chi connectivity index (χ0n) is 17.6. The Morgan fingerprint density at radius 3 is 1.79 bits per heavy atom. The van der Waals surface area contributed by atoms with Crippen LogP contribution in [-0.4, -0.2) is 12.2 Å². The highest BCUT2D eigenvalue weighted by atomic mass is 15.2. The first kappa shape index (κ1) is 20.5. The molecule has 0 amide bonds. The van der Waals surface area contributed by atoms with Crippen LogP contribution >= 0.6 is 0 Å². The minimum absolute atomic E-state index is 0.375. The highest BCUT2D eigenvalue weighted by Crippen LogP contribution is 2.34. The Balaban J connectivity index is 2.08. The molecule has 0 bridgehead atoms. The summed E-state index contributed by atoms with van der Waals surface area (Å²) >= 11 is 0. The Morgan fingerprint density at radius 2 is 1.28 bits per heavy atom. The van der Waals surface area contributed by atoms with E-state index in [4.69, 9.17) is 10.4 Å². The Hall–Kier alpha value is -3.20. The quantitative estimate of drug-likeness (QED) is 0.357. The summed E-state index contributed by atoms with van der Waals surface area (Å²) in [5, 5.41) is 8.80. The van der Waals surface area contributed by atoms with E-state index in [0.717, 1.165) is 16.9 Å². The maximum atomic E-state index is 8.80. The van der Waals surface area contributed by atoms with E-state index in [1.807, 2.05) is 65.6 Å². The minimum Gasteiger partial charge on any atom is -0.285 e. The van der Waals surface area contributed by atoms with E-state index in [0.29, 0.717) is 17.7 Å². The minimum atomic E-state index is 0.375. The van der Waals surface area contributed by atoms with Gasteiger partial charge >= 0.3 is 0 Å². The largest absolute Gasteiger partial charge is 0.285 e. The lowest BCUT2D eigenvalue weighted by Crippen LogP contribution is -2.29. The molecule has 3 aromatic rings. The third kappa shape index (κ3) is 4.80. The van der Waals surface area contributed by atoms with Gasteiger partial charge in [-0.15, -0.1) is 0 Å². The zero-order chi connectivity index (χ0) is 20.8. The molecule has 3 rings (SSSR count). The average Bonchev–Trinajstić information content (AvgIpc) is 2.74. The highest BCUT2D eigenvalue weighted by molar-refractivity contribution is 6.18. The molecule has 3 heteroatoms. The van der Waals surface area contributed by atoms with E-state index in [2.05, 4.69) is 45.9 Å². The fourth-order valence-corrected chi connectivity index (χ4v) is 3.35. The number of aliphatic imine (C=N–C) groups is 1. The van der Waals surface area contributed by atoms with Gasteiger partial charge in [-0.1, -0.05) is 94.4 Å². The van der Waals surface area contributed by atoms with Gasteiger partial charge in [0.15, 0.2) is 0 Å². The van der Waals surface area contributed by atoms with E-state index in [1.165, 1.54) is 11.1 Å². The summed E-state index contributed by atoms with van der Waals surface area (Å²) in [7, 11) is 0. The van der Waals surface area contributed by atoms with E-state index >= 15 is 0 Å². The smallest absolute Gasteiger partial charge is 0.137 e. The van der Waals surface area contributed by atoms with Crippen LogP contribution in [0.5, 0.6) is 0 Å². The molecule has 0 radical (unpaired) electrons. The van der Waals surface area contributed by atoms with Gasteiger partial charge in [0.25, 0.3) is 0 Å². The number of nitrogens with one attached hydrogen (secondary N) is 1. The van der Waals surface area contributed by atoms with Crippen molar-refractivity contribution in [1.29, 1.82) is 5.41 Å². The molecule has 0 saturated heterocycles. The molecule has 1 N–H and O–H groups in total. The summed E-state index contributed by atoms with van der Waals surface area (Å²) in [5.74, 6) is 1.15. The number of nitrogens with zero attached hydrogens (tertiary/aromatic N) is 2. The van der Waals surface area contributed by atoms with Crippen LogP contribution in [0.25, 0.3) is 0 Å². The van der Waals surface area contributed by atoms with Crippen molar-refractivity contribution in [3.8, 4) is 0 Å². The summed E-state index contributed by atoms with van der Waals surface area (Å²) in [6.07, 6.45) is 1.79. The first-order valence-corrected chi connectivity index (χ1v) is 10.1. The third-order valence-electron chi connectivity index (χ3n) is 4.97. The molecule has 0 atom stereocenters. The van der Waals surface area contributed by atoms with Gasteiger partial charge < -0.3 is 0 Å². The molecule has 29 heavy (non-hydrogen) atoms. The fourth-order valence-electron chi connectivity index (χ4n) is 3.35. The Morgan fingerprint density at radius 1 is 0.759 bits per heavy atom. The van der Waals surface area contributed by atoms with Gasteiger partial charge in [-0.3, -0.25) is 10.3 Å². The number of hydrogen-bond donors (Lipinski definition) is 1. The van der Waals surface area contributed by atoms with Gasteiger partial charge in [0.05, 0.1) is 5.69 Å². The van der Waals surface area contributed by atoms with Crippen molar-refractivity contribution in [3.63, 3.8) is 0 Å². The van der Waals surface area contributed by atoms with Crippen molar-refractivity contribution >= 4 is 23.5 Å². The van der Waals surface area contributed by atoms with Gasteiger partial charge in [0.2, 0.25) is 0 Å². The van der Waals surface area contributed by atoms with Gasteiger partial charge in [-0.25, -0.2) is 4.99 Å². The standard InChI is InChI=1S/C26H29N3/c1-19(2)23-16-11-17-24(20(3)4)25(23)28-18-29(22-14-9-6-10-15-22)26(27)21-12-7-5-8-13-21/h5-20,27H,1-4H3.